The van der Waals surface area contributed by atoms with E-state index in [0.29, 0.717) is 0 Å². The van der Waals surface area contributed by atoms with Crippen LogP contribution < -0.4 is 0 Å². The third-order valence-electron chi connectivity index (χ3n) is 3.03. The monoisotopic (exact) mass is 215 g/mol. The summed E-state index contributed by atoms with van der Waals surface area (Å²) in [6.07, 6.45) is 2.86. The molecule has 2 fully saturated rings. The van der Waals surface area contributed by atoms with E-state index >= 15 is 0 Å². The fraction of sp³-hybridized carbons (Fsp3) is 0.900. The average Bonchev–Trinajstić information content (AvgIpc) is 2.49. The molecular weight excluding hydrogens is 198 g/mol. The van der Waals surface area contributed by atoms with Crippen molar-refractivity contribution in [2.24, 2.45) is 0 Å². The van der Waals surface area contributed by atoms with E-state index in [9.17, 15) is 4.79 Å². The van der Waals surface area contributed by atoms with Gasteiger partial charge in [-0.2, -0.15) is 0 Å². The molecular formula is C10H17NO2S. The van der Waals surface area contributed by atoms with Crippen molar-refractivity contribution in [1.82, 2.24) is 4.90 Å². The molecule has 2 aliphatic heterocycles. The molecule has 4 heteroatoms. The van der Waals surface area contributed by atoms with Crippen molar-refractivity contribution in [3.8, 4) is 0 Å². The Kier molecular flexibility index (Phi) is 2.75. The smallest absolute Gasteiger partial charge is 0.320 e. The number of piperidine rings is 1. The SMILES string of the molecule is CCC1SC2(CCN(C)CC2)OC1=O. The number of esters is 1. The number of nitrogens with zero attached hydrogens (tertiary/aromatic N) is 1. The lowest BCUT2D eigenvalue weighted by Crippen LogP contribution is -2.40. The molecule has 0 saturated carbocycles. The van der Waals surface area contributed by atoms with Crippen LogP contribution in [0.5, 0.6) is 0 Å². The topological polar surface area (TPSA) is 29.5 Å². The van der Waals surface area contributed by atoms with Crippen molar-refractivity contribution >= 4 is 17.7 Å². The molecule has 1 unspecified atom stereocenters. The molecule has 2 aliphatic rings. The fourth-order valence-corrected chi connectivity index (χ4v) is 3.39. The highest BCUT2D eigenvalue weighted by atomic mass is 32.2. The van der Waals surface area contributed by atoms with E-state index < -0.39 is 0 Å². The normalized spacial score (nSPS) is 32.1. The number of likely N-dealkylation sites (tertiary alicyclic amines) is 1. The van der Waals surface area contributed by atoms with Crippen LogP contribution >= 0.6 is 11.8 Å². The standard InChI is InChI=1S/C10H17NO2S/c1-3-8-9(12)13-10(14-8)4-6-11(2)7-5-10/h8H,3-7H2,1-2H3. The average molecular weight is 215 g/mol. The second kappa shape index (κ2) is 3.74. The number of hydrogen-bond acceptors (Lipinski definition) is 4. The molecule has 2 rings (SSSR count). The Bertz CT molecular complexity index is 236. The van der Waals surface area contributed by atoms with E-state index in [2.05, 4.69) is 11.9 Å². The summed E-state index contributed by atoms with van der Waals surface area (Å²) in [4.78, 5) is 13.6. The zero-order valence-corrected chi connectivity index (χ0v) is 9.60. The number of hydrogen-bond donors (Lipinski definition) is 0. The van der Waals surface area contributed by atoms with E-state index in [1.807, 2.05) is 6.92 Å². The van der Waals surface area contributed by atoms with Gasteiger partial charge in [0.05, 0.1) is 0 Å². The Morgan fingerprint density at radius 1 is 1.57 bits per heavy atom. The van der Waals surface area contributed by atoms with Crippen molar-refractivity contribution in [3.63, 3.8) is 0 Å². The molecule has 3 nitrogen and oxygen atoms in total. The summed E-state index contributed by atoms with van der Waals surface area (Å²) in [5.74, 6) is 0.00190. The maximum absolute atomic E-state index is 11.5. The predicted octanol–water partition coefficient (Wildman–Crippen LogP) is 1.48. The zero-order chi connectivity index (χ0) is 10.2. The number of rotatable bonds is 1. The Morgan fingerprint density at radius 3 is 2.71 bits per heavy atom. The number of carbonyl (C=O) groups excluding carboxylic acids is 1. The molecule has 1 spiro atoms. The van der Waals surface area contributed by atoms with Gasteiger partial charge in [0.1, 0.15) is 5.25 Å². The summed E-state index contributed by atoms with van der Waals surface area (Å²) in [5, 5.41) is 0.0819. The molecule has 80 valence electrons. The van der Waals surface area contributed by atoms with Crippen molar-refractivity contribution in [3.05, 3.63) is 0 Å². The minimum atomic E-state index is -0.176. The molecule has 2 heterocycles. The highest BCUT2D eigenvalue weighted by Gasteiger charge is 2.47. The Balaban J connectivity index is 2.02. The minimum Gasteiger partial charge on any atom is -0.447 e. The molecule has 2 saturated heterocycles. The second-order valence-corrected chi connectivity index (χ2v) is 5.70. The first-order valence-electron chi connectivity index (χ1n) is 5.24. The van der Waals surface area contributed by atoms with Gasteiger partial charge in [-0.25, -0.2) is 0 Å². The first-order chi connectivity index (χ1) is 6.65. The van der Waals surface area contributed by atoms with Gasteiger partial charge < -0.3 is 9.64 Å². The van der Waals surface area contributed by atoms with Crippen LogP contribution in [-0.2, 0) is 9.53 Å². The minimum absolute atomic E-state index is 0.00190. The fourth-order valence-electron chi connectivity index (χ4n) is 2.01. The summed E-state index contributed by atoms with van der Waals surface area (Å²) in [5.41, 5.74) is 0. The molecule has 0 aromatic rings. The van der Waals surface area contributed by atoms with E-state index in [-0.39, 0.29) is 16.2 Å². The Labute approximate surface area is 89.2 Å². The third kappa shape index (κ3) is 1.77. The van der Waals surface area contributed by atoms with Gasteiger partial charge in [0.25, 0.3) is 0 Å². The number of carbonyl (C=O) groups is 1. The van der Waals surface area contributed by atoms with Crippen LogP contribution in [0.2, 0.25) is 0 Å². The van der Waals surface area contributed by atoms with Crippen LogP contribution in [0.4, 0.5) is 0 Å². The van der Waals surface area contributed by atoms with Crippen LogP contribution in [0, 0.1) is 0 Å². The lowest BCUT2D eigenvalue weighted by atomic mass is 10.1. The third-order valence-corrected chi connectivity index (χ3v) is 4.76. The summed E-state index contributed by atoms with van der Waals surface area (Å²) in [6.45, 7) is 4.13. The van der Waals surface area contributed by atoms with Gasteiger partial charge in [-0.3, -0.25) is 4.79 Å². The van der Waals surface area contributed by atoms with Gasteiger partial charge in [0, 0.05) is 25.9 Å². The van der Waals surface area contributed by atoms with E-state index in [1.54, 1.807) is 11.8 Å². The molecule has 0 aliphatic carbocycles. The van der Waals surface area contributed by atoms with Gasteiger partial charge in [-0.05, 0) is 13.5 Å². The predicted molar refractivity (Wildman–Crippen MR) is 57.2 cm³/mol. The Hall–Kier alpha value is -0.220. The summed E-state index contributed by atoms with van der Waals surface area (Å²) < 4.78 is 5.54. The molecule has 0 amide bonds. The van der Waals surface area contributed by atoms with Crippen molar-refractivity contribution in [1.29, 1.82) is 0 Å². The first kappa shape index (κ1) is 10.3. The van der Waals surface area contributed by atoms with Crippen LogP contribution in [0.15, 0.2) is 0 Å². The summed E-state index contributed by atoms with van der Waals surface area (Å²) in [7, 11) is 2.12. The summed E-state index contributed by atoms with van der Waals surface area (Å²) >= 11 is 1.75. The van der Waals surface area contributed by atoms with Gasteiger partial charge in [-0.15, -0.1) is 0 Å². The van der Waals surface area contributed by atoms with Gasteiger partial charge in [-0.1, -0.05) is 18.7 Å². The quantitative estimate of drug-likeness (QED) is 0.620. The lowest BCUT2D eigenvalue weighted by Gasteiger charge is -2.35. The molecule has 0 aromatic carbocycles. The Morgan fingerprint density at radius 2 is 2.21 bits per heavy atom. The van der Waals surface area contributed by atoms with Crippen LogP contribution in [0.25, 0.3) is 0 Å². The van der Waals surface area contributed by atoms with E-state index in [1.165, 1.54) is 0 Å². The molecule has 0 N–H and O–H groups in total. The number of ether oxygens (including phenoxy) is 1. The van der Waals surface area contributed by atoms with Gasteiger partial charge >= 0.3 is 5.97 Å². The summed E-state index contributed by atoms with van der Waals surface area (Å²) in [6, 6.07) is 0. The molecule has 14 heavy (non-hydrogen) atoms. The molecule has 0 aromatic heterocycles. The van der Waals surface area contributed by atoms with Crippen molar-refractivity contribution in [2.75, 3.05) is 20.1 Å². The van der Waals surface area contributed by atoms with Gasteiger partial charge in [0.15, 0.2) is 4.93 Å². The van der Waals surface area contributed by atoms with E-state index in [4.69, 9.17) is 4.74 Å². The lowest BCUT2D eigenvalue weighted by molar-refractivity contribution is -0.150. The molecule has 0 radical (unpaired) electrons. The maximum Gasteiger partial charge on any atom is 0.320 e. The highest BCUT2D eigenvalue weighted by molar-refractivity contribution is 8.02. The van der Waals surface area contributed by atoms with Gasteiger partial charge in [0.2, 0.25) is 0 Å². The van der Waals surface area contributed by atoms with Crippen molar-refractivity contribution in [2.45, 2.75) is 36.4 Å². The molecule has 1 atom stereocenters. The highest BCUT2D eigenvalue weighted by Crippen LogP contribution is 2.46. The first-order valence-corrected chi connectivity index (χ1v) is 6.12. The number of thioether (sulfide) groups is 1. The largest absolute Gasteiger partial charge is 0.447 e. The maximum atomic E-state index is 11.5. The zero-order valence-electron chi connectivity index (χ0n) is 8.78. The second-order valence-electron chi connectivity index (χ2n) is 4.15. The van der Waals surface area contributed by atoms with E-state index in [0.717, 1.165) is 32.4 Å². The van der Waals surface area contributed by atoms with Crippen molar-refractivity contribution < 1.29 is 9.53 Å². The van der Waals surface area contributed by atoms with Crippen LogP contribution in [-0.4, -0.2) is 41.2 Å². The molecule has 0 bridgehead atoms. The van der Waals surface area contributed by atoms with Crippen LogP contribution in [0.3, 0.4) is 0 Å². The van der Waals surface area contributed by atoms with Crippen LogP contribution in [0.1, 0.15) is 26.2 Å².